The van der Waals surface area contributed by atoms with Crippen LogP contribution in [0, 0.1) is 29.1 Å². The minimum absolute atomic E-state index is 0.00473. The Bertz CT molecular complexity index is 695. The maximum atomic E-state index is 12.7. The number of carbonyl (C=O) groups excluding carboxylic acids is 1. The Morgan fingerprint density at radius 1 is 1.18 bits per heavy atom. The Morgan fingerprint density at radius 2 is 1.86 bits per heavy atom. The van der Waals surface area contributed by atoms with Crippen LogP contribution >= 0.6 is 11.6 Å². The van der Waals surface area contributed by atoms with E-state index >= 15 is 0 Å². The van der Waals surface area contributed by atoms with Crippen molar-refractivity contribution in [2.75, 3.05) is 5.32 Å². The summed E-state index contributed by atoms with van der Waals surface area (Å²) in [5.74, 6) is -2.12. The third-order valence-electron chi connectivity index (χ3n) is 5.52. The molecule has 4 rings (SSSR count). The smallest absolute Gasteiger partial charge is 0.307 e. The fourth-order valence-corrected chi connectivity index (χ4v) is 4.67. The maximum absolute atomic E-state index is 12.7. The summed E-state index contributed by atoms with van der Waals surface area (Å²) >= 11 is 5.93. The Labute approximate surface area is 133 Å². The number of anilines is 1. The normalized spacial score (nSPS) is 33.1. The van der Waals surface area contributed by atoms with Crippen LogP contribution in [0.25, 0.3) is 0 Å². The van der Waals surface area contributed by atoms with Crippen molar-refractivity contribution < 1.29 is 14.7 Å². The molecule has 2 fully saturated rings. The highest BCUT2D eigenvalue weighted by atomic mass is 35.5. The first kappa shape index (κ1) is 13.8. The average molecular weight is 318 g/mol. The summed E-state index contributed by atoms with van der Waals surface area (Å²) in [6.07, 6.45) is 6.12. The molecule has 4 nitrogen and oxygen atoms in total. The van der Waals surface area contributed by atoms with Crippen LogP contribution in [0.4, 0.5) is 5.69 Å². The van der Waals surface area contributed by atoms with E-state index in [0.29, 0.717) is 10.7 Å². The third kappa shape index (κ3) is 1.83. The third-order valence-corrected chi connectivity index (χ3v) is 5.76. The minimum atomic E-state index is -0.866. The van der Waals surface area contributed by atoms with Gasteiger partial charge in [-0.05, 0) is 48.3 Å². The summed E-state index contributed by atoms with van der Waals surface area (Å²) in [5.41, 5.74) is 0.651. The van der Waals surface area contributed by atoms with Gasteiger partial charge in [-0.2, -0.15) is 0 Å². The number of benzene rings is 1. The molecule has 0 heterocycles. The molecule has 2 saturated carbocycles. The van der Waals surface area contributed by atoms with Crippen LogP contribution in [-0.2, 0) is 9.59 Å². The predicted molar refractivity (Wildman–Crippen MR) is 82.5 cm³/mol. The lowest BCUT2D eigenvalue weighted by Crippen LogP contribution is -2.36. The number of hydrogen-bond acceptors (Lipinski definition) is 2. The largest absolute Gasteiger partial charge is 0.481 e. The van der Waals surface area contributed by atoms with Crippen molar-refractivity contribution in [2.24, 2.45) is 29.1 Å². The number of aliphatic carboxylic acids is 1. The lowest BCUT2D eigenvalue weighted by Gasteiger charge is -2.23. The Balaban J connectivity index is 1.62. The zero-order valence-electron chi connectivity index (χ0n) is 11.8. The molecular weight excluding hydrogens is 302 g/mol. The van der Waals surface area contributed by atoms with Crippen molar-refractivity contribution in [2.45, 2.75) is 12.8 Å². The highest BCUT2D eigenvalue weighted by Gasteiger charge is 2.70. The van der Waals surface area contributed by atoms with Gasteiger partial charge in [-0.1, -0.05) is 29.8 Å². The van der Waals surface area contributed by atoms with Gasteiger partial charge in [0.1, 0.15) is 0 Å². The Morgan fingerprint density at radius 3 is 2.45 bits per heavy atom. The van der Waals surface area contributed by atoms with Gasteiger partial charge in [0.2, 0.25) is 5.91 Å². The zero-order chi connectivity index (χ0) is 15.5. The molecule has 1 spiro atoms. The summed E-state index contributed by atoms with van der Waals surface area (Å²) < 4.78 is 0. The van der Waals surface area contributed by atoms with E-state index in [1.54, 1.807) is 24.3 Å². The minimum Gasteiger partial charge on any atom is -0.481 e. The molecule has 2 N–H and O–H groups in total. The second kappa shape index (κ2) is 4.59. The molecule has 0 aliphatic heterocycles. The van der Waals surface area contributed by atoms with Gasteiger partial charge in [0.25, 0.3) is 0 Å². The van der Waals surface area contributed by atoms with Crippen molar-refractivity contribution in [1.29, 1.82) is 0 Å². The van der Waals surface area contributed by atoms with Gasteiger partial charge < -0.3 is 10.4 Å². The molecule has 1 aromatic carbocycles. The van der Waals surface area contributed by atoms with E-state index in [9.17, 15) is 14.7 Å². The molecule has 2 bridgehead atoms. The number of carboxylic acids is 1. The Hall–Kier alpha value is -1.81. The molecule has 0 saturated heterocycles. The number of amides is 1. The van der Waals surface area contributed by atoms with E-state index in [1.165, 1.54) is 0 Å². The van der Waals surface area contributed by atoms with Gasteiger partial charge in [0, 0.05) is 10.7 Å². The Kier molecular flexibility index (Phi) is 2.89. The van der Waals surface area contributed by atoms with Crippen LogP contribution in [0.3, 0.4) is 0 Å². The molecule has 0 aromatic heterocycles. The van der Waals surface area contributed by atoms with E-state index in [0.717, 1.165) is 12.8 Å². The highest BCUT2D eigenvalue weighted by Crippen LogP contribution is 2.72. The van der Waals surface area contributed by atoms with Crippen LogP contribution in [0.1, 0.15) is 12.8 Å². The molecule has 22 heavy (non-hydrogen) atoms. The van der Waals surface area contributed by atoms with Crippen molar-refractivity contribution in [1.82, 2.24) is 0 Å². The number of rotatable bonds is 3. The number of hydrogen-bond donors (Lipinski definition) is 2. The molecular formula is C17H16ClNO3. The first-order valence-electron chi connectivity index (χ1n) is 7.50. The number of allylic oxidation sites excluding steroid dienone is 2. The molecule has 0 radical (unpaired) electrons. The lowest BCUT2D eigenvalue weighted by atomic mass is 9.82. The summed E-state index contributed by atoms with van der Waals surface area (Å²) in [6, 6.07) is 6.92. The molecule has 1 amide bonds. The van der Waals surface area contributed by atoms with Crippen LogP contribution in [0.2, 0.25) is 5.02 Å². The van der Waals surface area contributed by atoms with Crippen molar-refractivity contribution in [3.8, 4) is 0 Å². The maximum Gasteiger partial charge on any atom is 0.307 e. The molecule has 3 aliphatic rings. The summed E-state index contributed by atoms with van der Waals surface area (Å²) in [7, 11) is 0. The molecule has 114 valence electrons. The van der Waals surface area contributed by atoms with E-state index in [4.69, 9.17) is 11.6 Å². The van der Waals surface area contributed by atoms with Crippen LogP contribution < -0.4 is 5.32 Å². The standard InChI is InChI=1S/C17H16ClNO3/c18-9-2-1-3-10(8-9)19-15(20)13-11-4-5-12(14(13)16(21)22)17(11)6-7-17/h1-5,8,11-14H,6-7H2,(H,19,20)(H,21,22)/t11-,12+,13+,14-/m0/s1. The van der Waals surface area contributed by atoms with Gasteiger partial charge in [-0.15, -0.1) is 0 Å². The monoisotopic (exact) mass is 317 g/mol. The van der Waals surface area contributed by atoms with Gasteiger partial charge in [-0.25, -0.2) is 0 Å². The van der Waals surface area contributed by atoms with Crippen LogP contribution in [-0.4, -0.2) is 17.0 Å². The second-order valence-corrected chi connectivity index (χ2v) is 7.00. The van der Waals surface area contributed by atoms with Crippen molar-refractivity contribution in [3.05, 3.63) is 41.4 Å². The van der Waals surface area contributed by atoms with Crippen molar-refractivity contribution >= 4 is 29.2 Å². The molecule has 5 heteroatoms. The summed E-state index contributed by atoms with van der Waals surface area (Å²) in [4.78, 5) is 24.4. The van der Waals surface area contributed by atoms with Gasteiger partial charge in [0.05, 0.1) is 11.8 Å². The van der Waals surface area contributed by atoms with Gasteiger partial charge >= 0.3 is 5.97 Å². The van der Waals surface area contributed by atoms with E-state index in [1.807, 2.05) is 6.08 Å². The van der Waals surface area contributed by atoms with Crippen LogP contribution in [0.15, 0.2) is 36.4 Å². The molecule has 3 aliphatic carbocycles. The predicted octanol–water partition coefficient (Wildman–Crippen LogP) is 3.19. The number of carbonyl (C=O) groups is 2. The van der Waals surface area contributed by atoms with Crippen LogP contribution in [0.5, 0.6) is 0 Å². The molecule has 4 atom stereocenters. The number of carboxylic acid groups (broad SMARTS) is 1. The SMILES string of the molecule is O=C(O)[C@@H]1[C@H](C(=O)Nc2cccc(Cl)c2)[C@@H]2C=C[C@H]1C21CC1. The first-order chi connectivity index (χ1) is 10.5. The number of halogens is 1. The fraction of sp³-hybridized carbons (Fsp3) is 0.412. The van der Waals surface area contributed by atoms with E-state index in [2.05, 4.69) is 11.4 Å². The quantitative estimate of drug-likeness (QED) is 0.841. The van der Waals surface area contributed by atoms with Gasteiger partial charge in [-0.3, -0.25) is 9.59 Å². The summed E-state index contributed by atoms with van der Waals surface area (Å²) in [5, 5.41) is 13.0. The highest BCUT2D eigenvalue weighted by molar-refractivity contribution is 6.30. The van der Waals surface area contributed by atoms with E-state index in [-0.39, 0.29) is 23.2 Å². The van der Waals surface area contributed by atoms with E-state index < -0.39 is 17.8 Å². The summed E-state index contributed by atoms with van der Waals surface area (Å²) in [6.45, 7) is 0. The fourth-order valence-electron chi connectivity index (χ4n) is 4.48. The van der Waals surface area contributed by atoms with Crippen molar-refractivity contribution in [3.63, 3.8) is 0 Å². The zero-order valence-corrected chi connectivity index (χ0v) is 12.6. The van der Waals surface area contributed by atoms with Gasteiger partial charge in [0.15, 0.2) is 0 Å². The molecule has 0 unspecified atom stereocenters. The number of nitrogens with one attached hydrogen (secondary N) is 1. The topological polar surface area (TPSA) is 66.4 Å². The first-order valence-corrected chi connectivity index (χ1v) is 7.88. The lowest BCUT2D eigenvalue weighted by molar-refractivity contribution is -0.146. The second-order valence-electron chi connectivity index (χ2n) is 6.56. The average Bonchev–Trinajstić information content (AvgIpc) is 3.12. The molecule has 1 aromatic rings.